The minimum absolute atomic E-state index is 0.188. The number of hydrogen-bond acceptors (Lipinski definition) is 5. The van der Waals surface area contributed by atoms with Crippen molar-refractivity contribution in [2.24, 2.45) is 5.92 Å². The van der Waals surface area contributed by atoms with Gasteiger partial charge in [0, 0.05) is 12.7 Å². The summed E-state index contributed by atoms with van der Waals surface area (Å²) in [5, 5.41) is 13.7. The Balaban J connectivity index is 2.04. The molecule has 0 aliphatic heterocycles. The first-order valence-electron chi connectivity index (χ1n) is 7.91. The largest absolute Gasteiger partial charge is 0.391 e. The van der Waals surface area contributed by atoms with Crippen LogP contribution in [0.5, 0.6) is 0 Å². The number of thiazole rings is 1. The minimum Gasteiger partial charge on any atom is -0.391 e. The van der Waals surface area contributed by atoms with Crippen LogP contribution in [0.4, 0.5) is 0 Å². The summed E-state index contributed by atoms with van der Waals surface area (Å²) < 4.78 is 0. The molecule has 124 valence electrons. The number of carbonyl (C=O) groups excluding carboxylic acids is 1. The number of rotatable bonds is 7. The molecule has 23 heavy (non-hydrogen) atoms. The molecule has 0 fully saturated rings. The van der Waals surface area contributed by atoms with Crippen molar-refractivity contribution in [3.05, 3.63) is 35.0 Å². The van der Waals surface area contributed by atoms with E-state index in [0.717, 1.165) is 23.5 Å². The summed E-state index contributed by atoms with van der Waals surface area (Å²) in [6, 6.07) is 5.61. The lowest BCUT2D eigenvalue weighted by Crippen LogP contribution is -2.36. The third kappa shape index (κ3) is 4.36. The van der Waals surface area contributed by atoms with Gasteiger partial charge in [-0.1, -0.05) is 32.8 Å². The number of pyridine rings is 1. The molecule has 5 nitrogen and oxygen atoms in total. The van der Waals surface area contributed by atoms with E-state index in [1.54, 1.807) is 6.20 Å². The topological polar surface area (TPSA) is 75.1 Å². The minimum atomic E-state index is -0.516. The molecule has 0 radical (unpaired) electrons. The average Bonchev–Trinajstić information content (AvgIpc) is 2.96. The molecule has 1 unspecified atom stereocenters. The molecule has 2 aromatic rings. The molecule has 0 aromatic carbocycles. The van der Waals surface area contributed by atoms with Crippen LogP contribution in [-0.2, 0) is 0 Å². The van der Waals surface area contributed by atoms with Gasteiger partial charge >= 0.3 is 0 Å². The molecule has 2 heterocycles. The van der Waals surface area contributed by atoms with Crippen molar-refractivity contribution >= 4 is 17.2 Å². The number of aryl methyl sites for hydroxylation is 1. The highest BCUT2D eigenvalue weighted by molar-refractivity contribution is 7.17. The molecule has 0 saturated heterocycles. The lowest BCUT2D eigenvalue weighted by atomic mass is 9.96. The summed E-state index contributed by atoms with van der Waals surface area (Å²) in [6.45, 7) is 6.17. The number of nitrogens with zero attached hydrogens (tertiary/aromatic N) is 2. The Morgan fingerprint density at radius 2 is 2.09 bits per heavy atom. The first-order valence-corrected chi connectivity index (χ1v) is 8.73. The zero-order valence-corrected chi connectivity index (χ0v) is 14.6. The van der Waals surface area contributed by atoms with Crippen LogP contribution in [0.3, 0.4) is 0 Å². The molecule has 0 bridgehead atoms. The van der Waals surface area contributed by atoms with Crippen LogP contribution in [0.15, 0.2) is 24.4 Å². The van der Waals surface area contributed by atoms with Crippen LogP contribution in [0.25, 0.3) is 10.7 Å². The number of aliphatic hydroxyl groups excluding tert-OH is 1. The average molecular weight is 333 g/mol. The van der Waals surface area contributed by atoms with Crippen molar-refractivity contribution in [1.29, 1.82) is 0 Å². The van der Waals surface area contributed by atoms with Crippen molar-refractivity contribution in [3.63, 3.8) is 0 Å². The summed E-state index contributed by atoms with van der Waals surface area (Å²) in [6.07, 6.45) is 2.99. The van der Waals surface area contributed by atoms with Gasteiger partial charge in [-0.3, -0.25) is 9.78 Å². The second kappa shape index (κ2) is 8.17. The summed E-state index contributed by atoms with van der Waals surface area (Å²) in [5.41, 5.74) is 1.45. The smallest absolute Gasteiger partial charge is 0.263 e. The highest BCUT2D eigenvalue weighted by atomic mass is 32.1. The Hall–Kier alpha value is -1.79. The fourth-order valence-electron chi connectivity index (χ4n) is 2.48. The number of aliphatic hydroxyl groups is 1. The highest BCUT2D eigenvalue weighted by Crippen LogP contribution is 2.26. The van der Waals surface area contributed by atoms with Gasteiger partial charge < -0.3 is 10.4 Å². The Morgan fingerprint density at radius 1 is 1.35 bits per heavy atom. The van der Waals surface area contributed by atoms with Crippen LogP contribution in [0.2, 0.25) is 0 Å². The van der Waals surface area contributed by atoms with Gasteiger partial charge in [0.2, 0.25) is 0 Å². The Bertz CT molecular complexity index is 639. The van der Waals surface area contributed by atoms with Crippen LogP contribution in [0.1, 0.15) is 42.1 Å². The lowest BCUT2D eigenvalue weighted by molar-refractivity contribution is 0.0819. The van der Waals surface area contributed by atoms with E-state index < -0.39 is 6.10 Å². The van der Waals surface area contributed by atoms with Gasteiger partial charge in [-0.2, -0.15) is 0 Å². The maximum absolute atomic E-state index is 12.3. The zero-order chi connectivity index (χ0) is 16.8. The maximum atomic E-state index is 12.3. The third-order valence-corrected chi connectivity index (χ3v) is 5.13. The van der Waals surface area contributed by atoms with E-state index in [4.69, 9.17) is 0 Å². The van der Waals surface area contributed by atoms with E-state index >= 15 is 0 Å². The zero-order valence-electron chi connectivity index (χ0n) is 13.7. The fraction of sp³-hybridized carbons (Fsp3) is 0.471. The van der Waals surface area contributed by atoms with Gasteiger partial charge in [0.05, 0.1) is 17.5 Å². The molecule has 1 amide bonds. The molecule has 6 heteroatoms. The van der Waals surface area contributed by atoms with Crippen molar-refractivity contribution in [2.75, 3.05) is 6.54 Å². The third-order valence-electron chi connectivity index (χ3n) is 3.95. The molecule has 0 aliphatic rings. The van der Waals surface area contributed by atoms with Gasteiger partial charge in [-0.05, 0) is 25.0 Å². The van der Waals surface area contributed by atoms with Gasteiger partial charge in [-0.15, -0.1) is 11.3 Å². The van der Waals surface area contributed by atoms with Crippen LogP contribution in [-0.4, -0.2) is 33.6 Å². The molecule has 0 aliphatic carbocycles. The summed E-state index contributed by atoms with van der Waals surface area (Å²) in [7, 11) is 0. The number of carbonyl (C=O) groups is 1. The van der Waals surface area contributed by atoms with Gasteiger partial charge in [-0.25, -0.2) is 4.98 Å². The first kappa shape index (κ1) is 17.6. The molecular weight excluding hydrogens is 310 g/mol. The standard InChI is InChI=1S/C17H23N3O2S/c1-4-12(5-2)14(21)10-19-16(22)15-11(3)20-17(23-15)13-8-6-7-9-18-13/h6-9,12,14,21H,4-5,10H2,1-3H3,(H,19,22). The Kier molecular flexibility index (Phi) is 6.24. The predicted molar refractivity (Wildman–Crippen MR) is 92.5 cm³/mol. The van der Waals surface area contributed by atoms with Gasteiger partial charge in [0.15, 0.2) is 0 Å². The highest BCUT2D eigenvalue weighted by Gasteiger charge is 2.20. The molecule has 2 rings (SSSR count). The van der Waals surface area contributed by atoms with E-state index in [-0.39, 0.29) is 18.4 Å². The molecule has 2 N–H and O–H groups in total. The van der Waals surface area contributed by atoms with Crippen molar-refractivity contribution in [1.82, 2.24) is 15.3 Å². The summed E-state index contributed by atoms with van der Waals surface area (Å²) in [5.74, 6) is 0.0223. The van der Waals surface area contributed by atoms with E-state index in [2.05, 4.69) is 15.3 Å². The molecule has 2 aromatic heterocycles. The van der Waals surface area contributed by atoms with E-state index in [9.17, 15) is 9.90 Å². The van der Waals surface area contributed by atoms with Crippen molar-refractivity contribution in [3.8, 4) is 10.7 Å². The maximum Gasteiger partial charge on any atom is 0.263 e. The Labute approximate surface area is 140 Å². The number of amides is 1. The van der Waals surface area contributed by atoms with Crippen molar-refractivity contribution in [2.45, 2.75) is 39.7 Å². The van der Waals surface area contributed by atoms with Gasteiger partial charge in [0.1, 0.15) is 9.88 Å². The quantitative estimate of drug-likeness (QED) is 0.816. The monoisotopic (exact) mass is 333 g/mol. The second-order valence-corrected chi connectivity index (χ2v) is 6.50. The van der Waals surface area contributed by atoms with Gasteiger partial charge in [0.25, 0.3) is 5.91 Å². The van der Waals surface area contributed by atoms with Crippen LogP contribution in [0, 0.1) is 12.8 Å². The molecular formula is C17H23N3O2S. The fourth-order valence-corrected chi connectivity index (χ4v) is 3.44. The normalized spacial score (nSPS) is 12.4. The van der Waals surface area contributed by atoms with Crippen molar-refractivity contribution < 1.29 is 9.90 Å². The van der Waals surface area contributed by atoms with E-state index in [1.165, 1.54) is 11.3 Å². The summed E-state index contributed by atoms with van der Waals surface area (Å²) >= 11 is 1.32. The molecule has 0 spiro atoms. The van der Waals surface area contributed by atoms with Crippen LogP contribution < -0.4 is 5.32 Å². The predicted octanol–water partition coefficient (Wildman–Crippen LogP) is 3.04. The van der Waals surface area contributed by atoms with E-state index in [0.29, 0.717) is 10.6 Å². The molecule has 0 saturated carbocycles. The number of nitrogens with one attached hydrogen (secondary N) is 1. The second-order valence-electron chi connectivity index (χ2n) is 5.50. The lowest BCUT2D eigenvalue weighted by Gasteiger charge is -2.20. The SMILES string of the molecule is CCC(CC)C(O)CNC(=O)c1sc(-c2ccccn2)nc1C. The summed E-state index contributed by atoms with van der Waals surface area (Å²) in [4.78, 5) is 21.6. The van der Waals surface area contributed by atoms with E-state index in [1.807, 2.05) is 39.0 Å². The van der Waals surface area contributed by atoms with Crippen LogP contribution >= 0.6 is 11.3 Å². The number of hydrogen-bond donors (Lipinski definition) is 2. The molecule has 1 atom stereocenters. The Morgan fingerprint density at radius 3 is 2.70 bits per heavy atom. The first-order chi connectivity index (χ1) is 11.1. The number of aromatic nitrogens is 2.